The van der Waals surface area contributed by atoms with Crippen LogP contribution in [0.3, 0.4) is 0 Å². The number of imidazole rings is 1. The number of aromatic nitrogens is 4. The lowest BCUT2D eigenvalue weighted by Crippen LogP contribution is -2.46. The molecule has 8 atom stereocenters. The van der Waals surface area contributed by atoms with Crippen LogP contribution in [0.4, 0.5) is 5.82 Å². The lowest BCUT2D eigenvalue weighted by Gasteiger charge is -2.30. The van der Waals surface area contributed by atoms with Crippen LogP contribution in [0.15, 0.2) is 24.8 Å². The number of anilines is 1. The van der Waals surface area contributed by atoms with Crippen molar-refractivity contribution in [1.29, 1.82) is 0 Å². The van der Waals surface area contributed by atoms with E-state index in [0.717, 1.165) is 48.2 Å². The molecule has 0 spiro atoms. The van der Waals surface area contributed by atoms with E-state index in [0.29, 0.717) is 6.42 Å². The molecule has 0 radical (unpaired) electrons. The number of nitrogen functional groups attached to an aromatic ring is 1. The molecule has 29 heteroatoms. The van der Waals surface area contributed by atoms with Gasteiger partial charge in [0.1, 0.15) is 36.3 Å². The molecule has 2 aromatic heterocycles. The first-order chi connectivity index (χ1) is 27.9. The van der Waals surface area contributed by atoms with E-state index in [1.807, 2.05) is 19.1 Å². The van der Waals surface area contributed by atoms with Crippen LogP contribution in [0.5, 0.6) is 0 Å². The van der Waals surface area contributed by atoms with Gasteiger partial charge in [-0.15, -0.1) is 0 Å². The maximum absolute atomic E-state index is 12.7. The Bertz CT molecular complexity index is 1940. The van der Waals surface area contributed by atoms with Gasteiger partial charge in [0.25, 0.3) is 0 Å². The molecule has 60 heavy (non-hydrogen) atoms. The Morgan fingerprint density at radius 2 is 1.75 bits per heavy atom. The molecule has 11 N–H and O–H groups in total. The van der Waals surface area contributed by atoms with Crippen molar-refractivity contribution >= 4 is 69.1 Å². The van der Waals surface area contributed by atoms with Crippen molar-refractivity contribution in [3.8, 4) is 0 Å². The third kappa shape index (κ3) is 16.9. The summed E-state index contributed by atoms with van der Waals surface area (Å²) in [7, 11) is -16.4. The quantitative estimate of drug-likeness (QED) is 0.0350. The summed E-state index contributed by atoms with van der Waals surface area (Å²) in [5.41, 5.74) is 4.24. The normalized spacial score (nSPS) is 21.7. The van der Waals surface area contributed by atoms with Crippen LogP contribution in [0.1, 0.15) is 65.5 Å². The molecule has 0 aromatic carbocycles. The summed E-state index contributed by atoms with van der Waals surface area (Å²) in [5, 5.41) is 36.2. The fraction of sp³-hybridized carbons (Fsp3) is 0.677. The van der Waals surface area contributed by atoms with Gasteiger partial charge in [0.2, 0.25) is 11.8 Å². The number of carbonyl (C=O) groups excluding carboxylic acids is 3. The number of phosphoric acid groups is 3. The Morgan fingerprint density at radius 1 is 1.05 bits per heavy atom. The third-order valence-corrected chi connectivity index (χ3v) is 12.5. The number of ether oxygens (including phenoxy) is 1. The molecule has 1 aliphatic heterocycles. The van der Waals surface area contributed by atoms with Gasteiger partial charge in [-0.3, -0.25) is 32.5 Å². The zero-order valence-corrected chi connectivity index (χ0v) is 36.3. The van der Waals surface area contributed by atoms with E-state index in [1.54, 1.807) is 0 Å². The molecule has 0 aliphatic carbocycles. The van der Waals surface area contributed by atoms with E-state index in [1.165, 1.54) is 13.8 Å². The average molecular weight is 936 g/mol. The van der Waals surface area contributed by atoms with Crippen LogP contribution < -0.4 is 16.4 Å². The first-order valence-electron chi connectivity index (χ1n) is 18.3. The summed E-state index contributed by atoms with van der Waals surface area (Å²) in [6.07, 6.45) is -0.659. The van der Waals surface area contributed by atoms with Crippen molar-refractivity contribution in [3.05, 3.63) is 24.8 Å². The number of hydrogen-bond donors (Lipinski definition) is 10. The van der Waals surface area contributed by atoms with Crippen molar-refractivity contribution in [2.24, 2.45) is 5.41 Å². The molecule has 1 saturated heterocycles. The van der Waals surface area contributed by atoms with Gasteiger partial charge >= 0.3 is 23.5 Å². The van der Waals surface area contributed by atoms with E-state index >= 15 is 0 Å². The number of allylic oxidation sites excluding steroid dienone is 2. The van der Waals surface area contributed by atoms with Crippen molar-refractivity contribution in [3.63, 3.8) is 0 Å². The van der Waals surface area contributed by atoms with Gasteiger partial charge in [-0.25, -0.2) is 28.6 Å². The van der Waals surface area contributed by atoms with Gasteiger partial charge < -0.3 is 56.0 Å². The number of thioether (sulfide) groups is 1. The molecule has 1 fully saturated rings. The number of phosphoric ester groups is 3. The van der Waals surface area contributed by atoms with Gasteiger partial charge in [0.15, 0.2) is 22.8 Å². The molecule has 340 valence electrons. The predicted molar refractivity (Wildman–Crippen MR) is 211 cm³/mol. The maximum atomic E-state index is 12.7. The molecule has 3 rings (SSSR count). The topological polar surface area (TPSA) is 384 Å². The zero-order chi connectivity index (χ0) is 44.9. The number of nitrogens with one attached hydrogen (secondary N) is 2. The smallest absolute Gasteiger partial charge is 0.393 e. The first-order valence-corrected chi connectivity index (χ1v) is 23.8. The molecule has 2 unspecified atom stereocenters. The first kappa shape index (κ1) is 51.6. The van der Waals surface area contributed by atoms with E-state index in [-0.39, 0.29) is 53.8 Å². The SMILES string of the molecule is CC/C=C\CCC[C@H](O)CC(=O)SCCNC(=O)CCNC(=O)[C@H](O)C(C)(C)COP(=O)(O)OP(=O)(O)OC[C@H]1O[C@@H](n2cnc3c(N)ncnc32)[C@H](O)[C@@H]1OP(=O)(O)O. The monoisotopic (exact) mass is 935 g/mol. The Morgan fingerprint density at radius 3 is 2.43 bits per heavy atom. The van der Waals surface area contributed by atoms with Crippen molar-refractivity contribution in [1.82, 2.24) is 30.2 Å². The van der Waals surface area contributed by atoms with Crippen LogP contribution in [-0.2, 0) is 50.7 Å². The van der Waals surface area contributed by atoms with E-state index in [4.69, 9.17) is 19.5 Å². The predicted octanol–water partition coefficient (Wildman–Crippen LogP) is 0.552. The fourth-order valence-electron chi connectivity index (χ4n) is 5.40. The molecule has 2 amide bonds. The summed E-state index contributed by atoms with van der Waals surface area (Å²) < 4.78 is 62.2. The molecule has 3 heterocycles. The molecule has 0 saturated carbocycles. The van der Waals surface area contributed by atoms with Crippen molar-refractivity contribution < 1.29 is 85.6 Å². The van der Waals surface area contributed by atoms with Crippen molar-refractivity contribution in [2.45, 2.75) is 96.0 Å². The lowest BCUT2D eigenvalue weighted by atomic mass is 9.87. The highest BCUT2D eigenvalue weighted by Crippen LogP contribution is 2.61. The number of fused-ring (bicyclic) bond motifs is 1. The number of unbranched alkanes of at least 4 members (excludes halogenated alkanes) is 1. The van der Waals surface area contributed by atoms with Crippen LogP contribution in [-0.4, -0.2) is 134 Å². The highest BCUT2D eigenvalue weighted by molar-refractivity contribution is 8.13. The molecule has 1 aliphatic rings. The minimum absolute atomic E-state index is 0.00199. The van der Waals surface area contributed by atoms with Crippen molar-refractivity contribution in [2.75, 3.05) is 37.8 Å². The number of amides is 2. The van der Waals surface area contributed by atoms with E-state index in [9.17, 15) is 63.0 Å². The van der Waals surface area contributed by atoms with E-state index in [2.05, 4.69) is 34.4 Å². The number of nitrogens with two attached hydrogens (primary N) is 1. The number of rotatable bonds is 26. The molecular weight excluding hydrogens is 883 g/mol. The van der Waals surface area contributed by atoms with Crippen LogP contribution >= 0.6 is 35.2 Å². The van der Waals surface area contributed by atoms with Gasteiger partial charge in [0.05, 0.1) is 25.6 Å². The number of aliphatic hydroxyl groups excluding tert-OH is 3. The van der Waals surface area contributed by atoms with Gasteiger partial charge in [-0.1, -0.05) is 44.7 Å². The third-order valence-electron chi connectivity index (χ3n) is 8.48. The second-order valence-corrected chi connectivity index (χ2v) is 19.3. The number of carbonyl (C=O) groups is 3. The Balaban J connectivity index is 1.42. The van der Waals surface area contributed by atoms with Gasteiger partial charge in [0, 0.05) is 37.1 Å². The zero-order valence-electron chi connectivity index (χ0n) is 32.8. The van der Waals surface area contributed by atoms with Crippen LogP contribution in [0, 0.1) is 5.41 Å². The average Bonchev–Trinajstić information content (AvgIpc) is 3.71. The molecule has 2 aromatic rings. The summed E-state index contributed by atoms with van der Waals surface area (Å²) >= 11 is 0.972. The minimum Gasteiger partial charge on any atom is -0.393 e. The second-order valence-electron chi connectivity index (χ2n) is 14.0. The minimum atomic E-state index is -5.58. The van der Waals surface area contributed by atoms with Gasteiger partial charge in [-0.05, 0) is 25.7 Å². The summed E-state index contributed by atoms with van der Waals surface area (Å²) in [4.78, 5) is 87.9. The highest BCUT2D eigenvalue weighted by atomic mass is 32.2. The van der Waals surface area contributed by atoms with Crippen LogP contribution in [0.25, 0.3) is 11.2 Å². The number of aliphatic hydroxyl groups is 3. The Kier molecular flexibility index (Phi) is 19.9. The second kappa shape index (κ2) is 23.1. The fourth-order valence-corrected chi connectivity index (χ4v) is 8.98. The number of nitrogens with zero attached hydrogens (tertiary/aromatic N) is 4. The van der Waals surface area contributed by atoms with E-state index < -0.39 is 90.7 Å². The standard InChI is InChI=1S/C31H52N7O18P3S/c1-4-5-6-7-8-9-19(39)14-22(41)60-13-12-33-21(40)10-11-34-29(44)26(43)31(2,3)16-53-59(50,51)56-58(48,49)52-15-20-25(55-57(45,46)47)24(42)30(54-20)38-18-37-23-27(32)35-17-36-28(23)38/h5-6,17-20,24-26,30,39,42-43H,4,7-16H2,1-3H3,(H,33,40)(H,34,44)(H,48,49)(H,50,51)(H2,32,35,36)(H2,45,46,47)/b6-5-/t19-,20+,24+,25+,26-,30+/m0/s1. The lowest BCUT2D eigenvalue weighted by molar-refractivity contribution is -0.137. The largest absolute Gasteiger partial charge is 0.481 e. The van der Waals surface area contributed by atoms with Gasteiger partial charge in [-0.2, -0.15) is 4.31 Å². The molecule has 25 nitrogen and oxygen atoms in total. The summed E-state index contributed by atoms with van der Waals surface area (Å²) in [5.74, 6) is -1.25. The summed E-state index contributed by atoms with van der Waals surface area (Å²) in [6.45, 7) is 2.39. The number of hydrogen-bond acceptors (Lipinski definition) is 19. The van der Waals surface area contributed by atoms with Crippen LogP contribution in [0.2, 0.25) is 0 Å². The highest BCUT2D eigenvalue weighted by Gasteiger charge is 2.50. The Labute approximate surface area is 348 Å². The molecule has 0 bridgehead atoms. The summed E-state index contributed by atoms with van der Waals surface area (Å²) in [6, 6.07) is 0. The molecular formula is C31H52N7O18P3S. The maximum Gasteiger partial charge on any atom is 0.481 e. The Hall–Kier alpha value is -2.74.